The van der Waals surface area contributed by atoms with E-state index in [1.807, 2.05) is 60.5 Å². The minimum atomic E-state index is 0.133. The summed E-state index contributed by atoms with van der Waals surface area (Å²) in [5, 5.41) is 0.617. The number of carbonyl (C=O) groups is 1. The Labute approximate surface area is 188 Å². The van der Waals surface area contributed by atoms with E-state index in [4.69, 9.17) is 16.3 Å². The van der Waals surface area contributed by atoms with Crippen molar-refractivity contribution in [1.82, 2.24) is 19.4 Å². The van der Waals surface area contributed by atoms with Gasteiger partial charge in [-0.05, 0) is 37.3 Å². The number of benzene rings is 1. The Morgan fingerprint density at radius 2 is 1.94 bits per heavy atom. The van der Waals surface area contributed by atoms with Crippen molar-refractivity contribution in [3.05, 3.63) is 77.2 Å². The molecule has 2 aromatic heterocycles. The van der Waals surface area contributed by atoms with Crippen LogP contribution in [0.3, 0.4) is 0 Å². The van der Waals surface area contributed by atoms with Crippen LogP contribution in [0, 0.1) is 0 Å². The normalized spacial score (nSPS) is 15.8. The van der Waals surface area contributed by atoms with Crippen LogP contribution in [0.4, 0.5) is 0 Å². The maximum Gasteiger partial charge on any atom is 0.227 e. The third-order valence-electron chi connectivity index (χ3n) is 5.58. The van der Waals surface area contributed by atoms with Crippen LogP contribution in [0.15, 0.2) is 60.9 Å². The number of nitrogens with zero attached hydrogens (tertiary/aromatic N) is 4. The molecule has 0 N–H and O–H groups in total. The number of amides is 1. The van der Waals surface area contributed by atoms with Crippen LogP contribution in [0.5, 0.6) is 5.75 Å². The van der Waals surface area contributed by atoms with E-state index in [0.717, 1.165) is 42.5 Å². The first-order valence-corrected chi connectivity index (χ1v) is 11.0. The van der Waals surface area contributed by atoms with Crippen LogP contribution in [0.2, 0.25) is 5.02 Å². The highest BCUT2D eigenvalue weighted by molar-refractivity contribution is 6.30. The van der Waals surface area contributed by atoms with Crippen molar-refractivity contribution in [2.75, 3.05) is 32.8 Å². The predicted molar refractivity (Wildman–Crippen MR) is 122 cm³/mol. The van der Waals surface area contributed by atoms with Crippen LogP contribution in [-0.2, 0) is 17.8 Å². The number of hydrogen-bond acceptors (Lipinski definition) is 4. The van der Waals surface area contributed by atoms with Gasteiger partial charge < -0.3 is 14.2 Å². The molecule has 0 atom stereocenters. The zero-order chi connectivity index (χ0) is 21.6. The van der Waals surface area contributed by atoms with Gasteiger partial charge in [0.05, 0.1) is 11.4 Å². The molecule has 1 aliphatic heterocycles. The summed E-state index contributed by atoms with van der Waals surface area (Å²) in [5.74, 6) is 1.76. The molecule has 31 heavy (non-hydrogen) atoms. The van der Waals surface area contributed by atoms with Crippen LogP contribution >= 0.6 is 11.6 Å². The Morgan fingerprint density at radius 1 is 1.06 bits per heavy atom. The summed E-state index contributed by atoms with van der Waals surface area (Å²) in [6.07, 6.45) is 4.03. The summed E-state index contributed by atoms with van der Waals surface area (Å²) in [5.41, 5.74) is 2.07. The van der Waals surface area contributed by atoms with Gasteiger partial charge in [-0.25, -0.2) is 4.98 Å². The molecule has 3 heterocycles. The van der Waals surface area contributed by atoms with Crippen LogP contribution in [-0.4, -0.2) is 58.0 Å². The van der Waals surface area contributed by atoms with Gasteiger partial charge in [0, 0.05) is 56.4 Å². The van der Waals surface area contributed by atoms with Crippen molar-refractivity contribution in [2.24, 2.45) is 0 Å². The molecular formula is C24H27ClN4O2. The summed E-state index contributed by atoms with van der Waals surface area (Å²) < 4.78 is 8.14. The molecule has 0 radical (unpaired) electrons. The van der Waals surface area contributed by atoms with Gasteiger partial charge in [-0.3, -0.25) is 9.69 Å². The van der Waals surface area contributed by atoms with Gasteiger partial charge in [0.2, 0.25) is 5.91 Å². The number of rotatable bonds is 4. The lowest BCUT2D eigenvalue weighted by Crippen LogP contribution is -2.40. The van der Waals surface area contributed by atoms with E-state index < -0.39 is 0 Å². The zero-order valence-electron chi connectivity index (χ0n) is 17.7. The van der Waals surface area contributed by atoms with Gasteiger partial charge in [-0.1, -0.05) is 29.8 Å². The fourth-order valence-electron chi connectivity index (χ4n) is 3.85. The Kier molecular flexibility index (Phi) is 6.89. The summed E-state index contributed by atoms with van der Waals surface area (Å²) in [6, 6.07) is 15.7. The topological polar surface area (TPSA) is 50.6 Å². The first-order valence-electron chi connectivity index (χ1n) is 10.6. The van der Waals surface area contributed by atoms with Gasteiger partial charge in [0.25, 0.3) is 0 Å². The number of pyridine rings is 1. The maximum atomic E-state index is 12.9. The average Bonchev–Trinajstić information content (AvgIpc) is 3.22. The molecule has 1 amide bonds. The second kappa shape index (κ2) is 9.98. The molecule has 6 nitrogen and oxygen atoms in total. The molecular weight excluding hydrogens is 412 g/mol. The molecule has 162 valence electrons. The summed E-state index contributed by atoms with van der Waals surface area (Å²) in [6.45, 7) is 6.25. The van der Waals surface area contributed by atoms with E-state index in [2.05, 4.69) is 20.5 Å². The highest BCUT2D eigenvalue weighted by Crippen LogP contribution is 2.21. The number of halogens is 1. The Bertz CT molecular complexity index is 1020. The van der Waals surface area contributed by atoms with Gasteiger partial charge in [0.1, 0.15) is 18.2 Å². The quantitative estimate of drug-likeness (QED) is 0.621. The molecule has 3 aromatic rings. The van der Waals surface area contributed by atoms with Crippen molar-refractivity contribution in [1.29, 1.82) is 0 Å². The second-order valence-corrected chi connectivity index (χ2v) is 8.02. The molecule has 0 aliphatic carbocycles. The second-order valence-electron chi connectivity index (χ2n) is 7.59. The summed E-state index contributed by atoms with van der Waals surface area (Å²) in [4.78, 5) is 21.6. The molecule has 7 heteroatoms. The number of fused-ring (bicyclic) bond motifs is 1. The van der Waals surface area contributed by atoms with Crippen LogP contribution < -0.4 is 4.74 Å². The lowest BCUT2D eigenvalue weighted by atomic mass is 10.1. The van der Waals surface area contributed by atoms with Gasteiger partial charge in [-0.15, -0.1) is 0 Å². The SMILES string of the molecule is CCN1CCN(Cc2cccn2-c2ccc(Cl)cn2)CCOc2ccccc2CC1=O. The van der Waals surface area contributed by atoms with Crippen molar-refractivity contribution in [3.8, 4) is 11.6 Å². The number of ether oxygens (including phenoxy) is 1. The molecule has 0 spiro atoms. The molecule has 0 fully saturated rings. The monoisotopic (exact) mass is 438 g/mol. The fraction of sp³-hybridized carbons (Fsp3) is 0.333. The van der Waals surface area contributed by atoms with E-state index in [9.17, 15) is 4.79 Å². The average molecular weight is 439 g/mol. The smallest absolute Gasteiger partial charge is 0.227 e. The van der Waals surface area contributed by atoms with E-state index in [0.29, 0.717) is 31.1 Å². The fourth-order valence-corrected chi connectivity index (χ4v) is 3.96. The van der Waals surface area contributed by atoms with E-state index >= 15 is 0 Å². The minimum absolute atomic E-state index is 0.133. The molecule has 4 rings (SSSR count). The van der Waals surface area contributed by atoms with Gasteiger partial charge in [0.15, 0.2) is 0 Å². The summed E-state index contributed by atoms with van der Waals surface area (Å²) >= 11 is 5.99. The van der Waals surface area contributed by atoms with E-state index in [1.165, 1.54) is 0 Å². The standard InChI is InChI=1S/C24H27ClN4O2/c1-2-28-13-12-27(14-15-31-22-8-4-3-6-19(22)16-24(28)30)18-21-7-5-11-29(21)23-10-9-20(25)17-26-23/h3-11,17H,2,12-16,18H2,1H3. The molecule has 1 aromatic carbocycles. The number of carbonyl (C=O) groups excluding carboxylic acids is 1. The zero-order valence-corrected chi connectivity index (χ0v) is 18.5. The highest BCUT2D eigenvalue weighted by atomic mass is 35.5. The van der Waals surface area contributed by atoms with Crippen LogP contribution in [0.1, 0.15) is 18.2 Å². The van der Waals surface area contributed by atoms with Crippen molar-refractivity contribution < 1.29 is 9.53 Å². The largest absolute Gasteiger partial charge is 0.492 e. The number of hydrogen-bond donors (Lipinski definition) is 0. The molecule has 0 bridgehead atoms. The number of likely N-dealkylation sites (N-methyl/N-ethyl adjacent to an activating group) is 1. The lowest BCUT2D eigenvalue weighted by Gasteiger charge is -2.27. The molecule has 0 unspecified atom stereocenters. The first-order chi connectivity index (χ1) is 15.1. The number of aromatic nitrogens is 2. The van der Waals surface area contributed by atoms with E-state index in [-0.39, 0.29) is 5.91 Å². The summed E-state index contributed by atoms with van der Waals surface area (Å²) in [7, 11) is 0. The van der Waals surface area contributed by atoms with Crippen LogP contribution in [0.25, 0.3) is 5.82 Å². The predicted octanol–water partition coefficient (Wildman–Crippen LogP) is 3.81. The maximum absolute atomic E-state index is 12.9. The highest BCUT2D eigenvalue weighted by Gasteiger charge is 2.19. The number of para-hydroxylation sites is 1. The molecule has 1 aliphatic rings. The van der Waals surface area contributed by atoms with Crippen molar-refractivity contribution in [2.45, 2.75) is 19.9 Å². The lowest BCUT2D eigenvalue weighted by molar-refractivity contribution is -0.130. The van der Waals surface area contributed by atoms with Crippen molar-refractivity contribution in [3.63, 3.8) is 0 Å². The van der Waals surface area contributed by atoms with Gasteiger partial charge >= 0.3 is 0 Å². The molecule has 0 saturated carbocycles. The van der Waals surface area contributed by atoms with Crippen molar-refractivity contribution >= 4 is 17.5 Å². The first kappa shape index (κ1) is 21.4. The Hall–Kier alpha value is -2.83. The third kappa shape index (κ3) is 5.27. The minimum Gasteiger partial charge on any atom is -0.492 e. The van der Waals surface area contributed by atoms with Gasteiger partial charge in [-0.2, -0.15) is 0 Å². The molecule has 0 saturated heterocycles. The Morgan fingerprint density at radius 3 is 2.74 bits per heavy atom. The third-order valence-corrected chi connectivity index (χ3v) is 5.80. The Balaban J connectivity index is 1.53. The van der Waals surface area contributed by atoms with E-state index in [1.54, 1.807) is 6.20 Å².